The van der Waals surface area contributed by atoms with Crippen LogP contribution in [-0.4, -0.2) is 67.5 Å². The van der Waals surface area contributed by atoms with Gasteiger partial charge in [-0.15, -0.1) is 0 Å². The van der Waals surface area contributed by atoms with Crippen molar-refractivity contribution in [2.24, 2.45) is 0 Å². The van der Waals surface area contributed by atoms with E-state index in [9.17, 15) is 9.59 Å². The van der Waals surface area contributed by atoms with E-state index in [2.05, 4.69) is 0 Å². The molecule has 0 aromatic heterocycles. The smallest absolute Gasteiger partial charge is 0.206 e. The molecule has 3 rings (SSSR count). The number of para-hydroxylation sites is 2. The summed E-state index contributed by atoms with van der Waals surface area (Å²) < 4.78 is 43.5. The molecule has 3 aromatic carbocycles. The fraction of sp³-hybridized carbons (Fsp3) is 0.355. The fourth-order valence-electron chi connectivity index (χ4n) is 4.28. The molecule has 0 aliphatic heterocycles. The second-order valence-corrected chi connectivity index (χ2v) is 8.85. The van der Waals surface area contributed by atoms with Crippen LogP contribution in [0.5, 0.6) is 28.7 Å². The monoisotopic (exact) mass is 568 g/mol. The van der Waals surface area contributed by atoms with E-state index in [1.165, 1.54) is 35.5 Å². The maximum Gasteiger partial charge on any atom is 0.206 e. The zero-order chi connectivity index (χ0) is 29.6. The highest BCUT2D eigenvalue weighted by Crippen LogP contribution is 2.43. The summed E-state index contributed by atoms with van der Waals surface area (Å²) in [7, 11) is 7.48. The SMILES string of the molecule is COCOc1cc(C(CC(=O)c2ccccc2OC)CC(=O)c2ccccc2OC)cc(OCOC)c1OCOC. The van der Waals surface area contributed by atoms with Gasteiger partial charge in [0.1, 0.15) is 11.5 Å². The van der Waals surface area contributed by atoms with E-state index in [1.807, 2.05) is 0 Å². The first kappa shape index (κ1) is 31.4. The summed E-state index contributed by atoms with van der Waals surface area (Å²) in [6.07, 6.45) is -0.0139. The third kappa shape index (κ3) is 8.43. The lowest BCUT2D eigenvalue weighted by atomic mass is 9.85. The van der Waals surface area contributed by atoms with Crippen molar-refractivity contribution in [1.82, 2.24) is 0 Å². The molecule has 10 heteroatoms. The molecule has 0 bridgehead atoms. The first-order valence-electron chi connectivity index (χ1n) is 12.8. The van der Waals surface area contributed by atoms with Crippen LogP contribution in [0.1, 0.15) is 45.0 Å². The van der Waals surface area contributed by atoms with Gasteiger partial charge < -0.3 is 37.9 Å². The molecule has 220 valence electrons. The van der Waals surface area contributed by atoms with Gasteiger partial charge in [0.05, 0.1) is 25.3 Å². The summed E-state index contributed by atoms with van der Waals surface area (Å²) in [5.74, 6) is 0.746. The number of benzene rings is 3. The number of carbonyl (C=O) groups excluding carboxylic acids is 2. The lowest BCUT2D eigenvalue weighted by Crippen LogP contribution is -2.15. The van der Waals surface area contributed by atoms with Gasteiger partial charge in [-0.3, -0.25) is 9.59 Å². The molecule has 0 N–H and O–H groups in total. The van der Waals surface area contributed by atoms with Gasteiger partial charge >= 0.3 is 0 Å². The summed E-state index contributed by atoms with van der Waals surface area (Å²) in [5, 5.41) is 0. The zero-order valence-electron chi connectivity index (χ0n) is 24.0. The Labute approximate surface area is 240 Å². The molecule has 0 aliphatic rings. The average molecular weight is 569 g/mol. The fourth-order valence-corrected chi connectivity index (χ4v) is 4.28. The van der Waals surface area contributed by atoms with Crippen molar-refractivity contribution in [3.8, 4) is 28.7 Å². The molecule has 0 saturated carbocycles. The van der Waals surface area contributed by atoms with Crippen molar-refractivity contribution in [2.75, 3.05) is 55.9 Å². The van der Waals surface area contributed by atoms with E-state index < -0.39 is 5.92 Å². The highest BCUT2D eigenvalue weighted by Gasteiger charge is 2.27. The van der Waals surface area contributed by atoms with Crippen molar-refractivity contribution in [3.05, 3.63) is 77.4 Å². The van der Waals surface area contributed by atoms with Crippen LogP contribution >= 0.6 is 0 Å². The van der Waals surface area contributed by atoms with Gasteiger partial charge in [0.15, 0.2) is 43.4 Å². The molecular weight excluding hydrogens is 532 g/mol. The Balaban J connectivity index is 2.11. The quantitative estimate of drug-likeness (QED) is 0.149. The normalized spacial score (nSPS) is 10.8. The maximum atomic E-state index is 13.6. The zero-order valence-corrected chi connectivity index (χ0v) is 24.0. The first-order valence-corrected chi connectivity index (χ1v) is 12.8. The van der Waals surface area contributed by atoms with E-state index >= 15 is 0 Å². The van der Waals surface area contributed by atoms with E-state index in [1.54, 1.807) is 60.7 Å². The minimum atomic E-state index is -0.587. The molecule has 0 spiro atoms. The summed E-state index contributed by atoms with van der Waals surface area (Å²) in [5.41, 5.74) is 1.44. The van der Waals surface area contributed by atoms with Crippen LogP contribution in [0.4, 0.5) is 0 Å². The number of Topliss-reactive ketones (excluding diaryl/α,β-unsaturated/α-hetero) is 2. The Morgan fingerprint density at radius 1 is 0.585 bits per heavy atom. The summed E-state index contributed by atoms with van der Waals surface area (Å²) >= 11 is 0. The molecule has 0 aliphatic carbocycles. The van der Waals surface area contributed by atoms with Gasteiger partial charge in [-0.2, -0.15) is 0 Å². The van der Waals surface area contributed by atoms with Crippen molar-refractivity contribution in [1.29, 1.82) is 0 Å². The molecule has 0 atom stereocenters. The van der Waals surface area contributed by atoms with Crippen molar-refractivity contribution >= 4 is 11.6 Å². The molecule has 0 amide bonds. The number of rotatable bonds is 18. The topological polar surface area (TPSA) is 108 Å². The van der Waals surface area contributed by atoms with Gasteiger partial charge in [-0.25, -0.2) is 0 Å². The predicted octanol–water partition coefficient (Wildman–Crippen LogP) is 5.28. The number of ketones is 2. The van der Waals surface area contributed by atoms with Crippen LogP contribution in [0.25, 0.3) is 0 Å². The lowest BCUT2D eigenvalue weighted by Gasteiger charge is -2.22. The Hall–Kier alpha value is -4.12. The van der Waals surface area contributed by atoms with Crippen molar-refractivity contribution in [3.63, 3.8) is 0 Å². The van der Waals surface area contributed by atoms with Crippen LogP contribution in [0, 0.1) is 0 Å². The minimum absolute atomic E-state index is 0.00697. The van der Waals surface area contributed by atoms with Crippen molar-refractivity contribution < 1.29 is 47.5 Å². The highest BCUT2D eigenvalue weighted by molar-refractivity contribution is 6.01. The van der Waals surface area contributed by atoms with E-state index in [4.69, 9.17) is 37.9 Å². The Bertz CT molecular complexity index is 1200. The Morgan fingerprint density at radius 2 is 1.00 bits per heavy atom. The third-order valence-electron chi connectivity index (χ3n) is 6.18. The second-order valence-electron chi connectivity index (χ2n) is 8.85. The van der Waals surface area contributed by atoms with E-state index in [0.717, 1.165) is 0 Å². The predicted molar refractivity (Wildman–Crippen MR) is 151 cm³/mol. The first-order chi connectivity index (χ1) is 20.0. The standard InChI is InChI=1S/C31H36O10/c1-34-18-39-29-16-22(17-30(40-19-35-2)31(29)41-20-36-3)21(14-25(32)23-10-6-8-12-27(23)37-4)15-26(33)24-11-7-9-13-28(24)38-5/h6-13,16-17,21H,14-15,18-20H2,1-5H3. The average Bonchev–Trinajstić information content (AvgIpc) is 3.01. The van der Waals surface area contributed by atoms with Gasteiger partial charge in [-0.05, 0) is 47.9 Å². The lowest BCUT2D eigenvalue weighted by molar-refractivity contribution is 0.0217. The van der Waals surface area contributed by atoms with Crippen LogP contribution in [-0.2, 0) is 14.2 Å². The molecule has 0 heterocycles. The van der Waals surface area contributed by atoms with Gasteiger partial charge in [0.2, 0.25) is 5.75 Å². The molecule has 0 radical (unpaired) electrons. The van der Waals surface area contributed by atoms with Gasteiger partial charge in [0.25, 0.3) is 0 Å². The molecule has 0 fully saturated rings. The molecule has 0 unspecified atom stereocenters. The summed E-state index contributed by atoms with van der Waals surface area (Å²) in [6, 6.07) is 17.4. The Kier molecular flexibility index (Phi) is 12.4. The number of methoxy groups -OCH3 is 5. The van der Waals surface area contributed by atoms with Gasteiger partial charge in [-0.1, -0.05) is 24.3 Å². The van der Waals surface area contributed by atoms with Crippen LogP contribution in [0.3, 0.4) is 0 Å². The molecule has 10 nitrogen and oxygen atoms in total. The largest absolute Gasteiger partial charge is 0.496 e. The highest BCUT2D eigenvalue weighted by atomic mass is 16.7. The number of ether oxygens (including phenoxy) is 8. The summed E-state index contributed by atoms with van der Waals surface area (Å²) in [4.78, 5) is 27.2. The van der Waals surface area contributed by atoms with Crippen LogP contribution < -0.4 is 23.7 Å². The minimum Gasteiger partial charge on any atom is -0.496 e. The molecule has 3 aromatic rings. The molecule has 0 saturated heterocycles. The van der Waals surface area contributed by atoms with Gasteiger partial charge in [0, 0.05) is 34.2 Å². The third-order valence-corrected chi connectivity index (χ3v) is 6.18. The number of hydrogen-bond acceptors (Lipinski definition) is 10. The molecule has 41 heavy (non-hydrogen) atoms. The van der Waals surface area contributed by atoms with Crippen molar-refractivity contribution in [2.45, 2.75) is 18.8 Å². The maximum absolute atomic E-state index is 13.6. The van der Waals surface area contributed by atoms with Crippen LogP contribution in [0.15, 0.2) is 60.7 Å². The second kappa shape index (κ2) is 16.2. The summed E-state index contributed by atoms with van der Waals surface area (Å²) in [6.45, 7) is -0.239. The number of hydrogen-bond donors (Lipinski definition) is 0. The van der Waals surface area contributed by atoms with E-state index in [-0.39, 0.29) is 62.0 Å². The van der Waals surface area contributed by atoms with Crippen LogP contribution in [0.2, 0.25) is 0 Å². The Morgan fingerprint density at radius 3 is 1.41 bits per heavy atom. The van der Waals surface area contributed by atoms with E-state index in [0.29, 0.717) is 28.2 Å². The molecular formula is C31H36O10. The number of carbonyl (C=O) groups is 2.